The van der Waals surface area contributed by atoms with Crippen molar-refractivity contribution in [2.45, 2.75) is 30.5 Å². The van der Waals surface area contributed by atoms with Crippen LogP contribution in [0.1, 0.15) is 19.4 Å². The molecule has 1 N–H and O–H groups in total. The molecule has 1 rings (SSSR count). The summed E-state index contributed by atoms with van der Waals surface area (Å²) in [5.41, 5.74) is 0.947. The minimum absolute atomic E-state index is 0.363. The normalized spacial score (nSPS) is 12.8. The monoisotopic (exact) mass is 227 g/mol. The van der Waals surface area contributed by atoms with Crippen LogP contribution in [0, 0.1) is 6.92 Å². The molecule has 0 saturated heterocycles. The first-order valence-electron chi connectivity index (χ1n) is 4.81. The van der Waals surface area contributed by atoms with Crippen LogP contribution in [-0.2, 0) is 9.84 Å². The van der Waals surface area contributed by atoms with E-state index in [0.717, 1.165) is 5.56 Å². The van der Waals surface area contributed by atoms with Crippen molar-refractivity contribution in [1.29, 1.82) is 0 Å². The molecule has 0 aliphatic rings. The number of benzene rings is 1. The van der Waals surface area contributed by atoms with Gasteiger partial charge in [-0.3, -0.25) is 0 Å². The van der Waals surface area contributed by atoms with Gasteiger partial charge in [0.05, 0.1) is 4.90 Å². The highest BCUT2D eigenvalue weighted by atomic mass is 32.2. The van der Waals surface area contributed by atoms with Crippen LogP contribution >= 0.6 is 0 Å². The molecule has 0 aliphatic carbocycles. The van der Waals surface area contributed by atoms with Gasteiger partial charge in [0, 0.05) is 0 Å². The van der Waals surface area contributed by atoms with Crippen molar-refractivity contribution in [3.8, 4) is 0 Å². The molecule has 3 nitrogen and oxygen atoms in total. The molecule has 4 heteroatoms. The Morgan fingerprint density at radius 3 is 2.33 bits per heavy atom. The molecule has 0 radical (unpaired) electrons. The van der Waals surface area contributed by atoms with Crippen molar-refractivity contribution >= 4 is 9.84 Å². The number of hydrogen-bond acceptors (Lipinski definition) is 3. The minimum Gasteiger partial charge on any atom is -0.302 e. The lowest BCUT2D eigenvalue weighted by molar-refractivity contribution is 0.510. The van der Waals surface area contributed by atoms with E-state index in [4.69, 9.17) is 0 Å². The molecule has 1 aromatic carbocycles. The fourth-order valence-corrected chi connectivity index (χ4v) is 2.67. The highest BCUT2D eigenvalue weighted by Gasteiger charge is 2.33. The minimum atomic E-state index is -3.32. The number of aryl methyl sites for hydroxylation is 1. The summed E-state index contributed by atoms with van der Waals surface area (Å²) in [4.78, 5) is -0.581. The van der Waals surface area contributed by atoms with Gasteiger partial charge in [-0.15, -0.1) is 0 Å². The summed E-state index contributed by atoms with van der Waals surface area (Å²) >= 11 is 0. The third-order valence-electron chi connectivity index (χ3n) is 2.57. The maximum Gasteiger partial charge on any atom is 0.196 e. The van der Waals surface area contributed by atoms with Gasteiger partial charge in [-0.1, -0.05) is 12.1 Å². The van der Waals surface area contributed by atoms with E-state index in [2.05, 4.69) is 5.32 Å². The van der Waals surface area contributed by atoms with E-state index >= 15 is 0 Å². The smallest absolute Gasteiger partial charge is 0.196 e. The number of sulfone groups is 1. The van der Waals surface area contributed by atoms with Crippen molar-refractivity contribution in [3.63, 3.8) is 0 Å². The molecular weight excluding hydrogens is 210 g/mol. The zero-order chi connectivity index (χ0) is 11.7. The van der Waals surface area contributed by atoms with Crippen LogP contribution in [0.15, 0.2) is 29.2 Å². The zero-order valence-electron chi connectivity index (χ0n) is 9.53. The standard InChI is InChI=1S/C11H17NO2S/c1-9-6-5-7-10(8-9)15(13,14)11(2,3)12-4/h5-8,12H,1-4H3. The van der Waals surface area contributed by atoms with Crippen LogP contribution in [0.5, 0.6) is 0 Å². The Bertz CT molecular complexity index is 449. The van der Waals surface area contributed by atoms with Crippen LogP contribution in [-0.4, -0.2) is 20.3 Å². The van der Waals surface area contributed by atoms with Gasteiger partial charge in [0.15, 0.2) is 9.84 Å². The Morgan fingerprint density at radius 2 is 1.87 bits per heavy atom. The van der Waals surface area contributed by atoms with Crippen LogP contribution in [0.25, 0.3) is 0 Å². The first-order chi connectivity index (χ1) is 6.81. The van der Waals surface area contributed by atoms with Crippen molar-refractivity contribution in [2.24, 2.45) is 0 Å². The van der Waals surface area contributed by atoms with Gasteiger partial charge >= 0.3 is 0 Å². The molecule has 0 heterocycles. The summed E-state index contributed by atoms with van der Waals surface area (Å²) in [5.74, 6) is 0. The Labute approximate surface area is 91.4 Å². The summed E-state index contributed by atoms with van der Waals surface area (Å²) in [6.45, 7) is 5.20. The third kappa shape index (κ3) is 2.21. The summed E-state index contributed by atoms with van der Waals surface area (Å²) < 4.78 is 24.3. The Kier molecular flexibility index (Phi) is 3.21. The molecule has 15 heavy (non-hydrogen) atoms. The number of rotatable bonds is 3. The van der Waals surface area contributed by atoms with E-state index in [1.165, 1.54) is 0 Å². The van der Waals surface area contributed by atoms with Gasteiger partial charge in [-0.2, -0.15) is 0 Å². The molecule has 0 aliphatic heterocycles. The molecule has 0 spiro atoms. The fourth-order valence-electron chi connectivity index (χ4n) is 1.21. The average Bonchev–Trinajstić information content (AvgIpc) is 2.17. The van der Waals surface area contributed by atoms with Crippen molar-refractivity contribution in [1.82, 2.24) is 5.32 Å². The second-order valence-corrected chi connectivity index (χ2v) is 6.58. The van der Waals surface area contributed by atoms with E-state index in [-0.39, 0.29) is 0 Å². The van der Waals surface area contributed by atoms with Gasteiger partial charge in [-0.05, 0) is 45.5 Å². The maximum atomic E-state index is 12.2. The second-order valence-electron chi connectivity index (χ2n) is 4.08. The lowest BCUT2D eigenvalue weighted by Crippen LogP contribution is -2.44. The van der Waals surface area contributed by atoms with Gasteiger partial charge < -0.3 is 5.32 Å². The van der Waals surface area contributed by atoms with Gasteiger partial charge in [0.2, 0.25) is 0 Å². The van der Waals surface area contributed by atoms with Crippen LogP contribution in [0.2, 0.25) is 0 Å². The molecule has 0 fully saturated rings. The average molecular weight is 227 g/mol. The van der Waals surface area contributed by atoms with E-state index in [1.807, 2.05) is 13.0 Å². The molecule has 0 atom stereocenters. The SMILES string of the molecule is CNC(C)(C)S(=O)(=O)c1cccc(C)c1. The fraction of sp³-hybridized carbons (Fsp3) is 0.455. The lowest BCUT2D eigenvalue weighted by Gasteiger charge is -2.24. The molecular formula is C11H17NO2S. The molecule has 0 saturated carbocycles. The third-order valence-corrected chi connectivity index (χ3v) is 5.00. The summed E-state index contributed by atoms with van der Waals surface area (Å²) in [5, 5.41) is 2.81. The van der Waals surface area contributed by atoms with Crippen molar-refractivity contribution in [3.05, 3.63) is 29.8 Å². The molecule has 84 valence electrons. The predicted octanol–water partition coefficient (Wildman–Crippen LogP) is 1.72. The van der Waals surface area contributed by atoms with E-state index < -0.39 is 14.7 Å². The summed E-state index contributed by atoms with van der Waals surface area (Å²) in [6, 6.07) is 6.95. The largest absolute Gasteiger partial charge is 0.302 e. The topological polar surface area (TPSA) is 46.2 Å². The predicted molar refractivity (Wildman–Crippen MR) is 61.5 cm³/mol. The summed E-state index contributed by atoms with van der Waals surface area (Å²) in [6.07, 6.45) is 0. The first-order valence-corrected chi connectivity index (χ1v) is 6.30. The van der Waals surface area contributed by atoms with Crippen molar-refractivity contribution in [2.75, 3.05) is 7.05 Å². The molecule has 0 bridgehead atoms. The first kappa shape index (κ1) is 12.2. The van der Waals surface area contributed by atoms with Gasteiger partial charge in [0.1, 0.15) is 4.87 Å². The lowest BCUT2D eigenvalue weighted by atomic mass is 10.2. The highest BCUT2D eigenvalue weighted by molar-refractivity contribution is 7.92. The molecule has 1 aromatic rings. The van der Waals surface area contributed by atoms with Crippen LogP contribution < -0.4 is 5.32 Å². The quantitative estimate of drug-likeness (QED) is 0.855. The Balaban J connectivity index is 3.30. The maximum absolute atomic E-state index is 12.2. The molecule has 0 aromatic heterocycles. The second kappa shape index (κ2) is 3.94. The van der Waals surface area contributed by atoms with E-state index in [9.17, 15) is 8.42 Å². The summed E-state index contributed by atoms with van der Waals surface area (Å²) in [7, 11) is -1.68. The van der Waals surface area contributed by atoms with Crippen LogP contribution in [0.4, 0.5) is 0 Å². The van der Waals surface area contributed by atoms with Crippen LogP contribution in [0.3, 0.4) is 0 Å². The van der Waals surface area contributed by atoms with E-state index in [1.54, 1.807) is 39.1 Å². The zero-order valence-corrected chi connectivity index (χ0v) is 10.4. The molecule has 0 unspecified atom stereocenters. The van der Waals surface area contributed by atoms with Crippen molar-refractivity contribution < 1.29 is 8.42 Å². The molecule has 0 amide bonds. The number of hydrogen-bond donors (Lipinski definition) is 1. The Hall–Kier alpha value is -0.870. The van der Waals surface area contributed by atoms with Gasteiger partial charge in [-0.25, -0.2) is 8.42 Å². The Morgan fingerprint density at radius 1 is 1.27 bits per heavy atom. The van der Waals surface area contributed by atoms with E-state index in [0.29, 0.717) is 4.90 Å². The van der Waals surface area contributed by atoms with Gasteiger partial charge in [0.25, 0.3) is 0 Å². The highest BCUT2D eigenvalue weighted by Crippen LogP contribution is 2.23. The number of nitrogens with one attached hydrogen (secondary N) is 1.